The van der Waals surface area contributed by atoms with E-state index in [9.17, 15) is 0 Å². The second-order valence-corrected chi connectivity index (χ2v) is 8.27. The topological polar surface area (TPSA) is 28.2 Å². The molecule has 1 N–H and O–H groups in total. The summed E-state index contributed by atoms with van der Waals surface area (Å²) in [4.78, 5) is 8.93. The molecule has 0 radical (unpaired) electrons. The minimum absolute atomic E-state index is 0.127. The summed E-state index contributed by atoms with van der Waals surface area (Å²) in [5.41, 5.74) is 1.41. The summed E-state index contributed by atoms with van der Waals surface area (Å²) < 4.78 is 0. The molecule has 1 aliphatic heterocycles. The van der Waals surface area contributed by atoms with Gasteiger partial charge in [0.1, 0.15) is 0 Å². The van der Waals surface area contributed by atoms with Crippen LogP contribution in [-0.2, 0) is 12.0 Å². The highest BCUT2D eigenvalue weighted by molar-refractivity contribution is 7.15. The minimum atomic E-state index is 0.127. The maximum atomic E-state index is 5.02. The van der Waals surface area contributed by atoms with Crippen molar-refractivity contribution in [1.29, 1.82) is 0 Å². The molecular formula is C17H31N3S. The van der Waals surface area contributed by atoms with Gasteiger partial charge in [0.2, 0.25) is 0 Å². The molecule has 1 aliphatic rings. The molecule has 120 valence electrons. The molecule has 2 heterocycles. The van der Waals surface area contributed by atoms with Crippen molar-refractivity contribution in [2.24, 2.45) is 5.92 Å². The number of thiazole rings is 1. The molecule has 3 nitrogen and oxygen atoms in total. The van der Waals surface area contributed by atoms with E-state index in [1.54, 1.807) is 0 Å². The Bertz CT molecular complexity index is 447. The predicted molar refractivity (Wildman–Crippen MR) is 93.4 cm³/mol. The van der Waals surface area contributed by atoms with Gasteiger partial charge in [-0.3, -0.25) is 0 Å². The molecule has 4 heteroatoms. The van der Waals surface area contributed by atoms with Gasteiger partial charge in [-0.2, -0.15) is 0 Å². The van der Waals surface area contributed by atoms with Gasteiger partial charge in [0, 0.05) is 29.9 Å². The van der Waals surface area contributed by atoms with Gasteiger partial charge in [-0.15, -0.1) is 11.3 Å². The molecule has 0 aromatic carbocycles. The van der Waals surface area contributed by atoms with Crippen LogP contribution in [0.15, 0.2) is 0 Å². The average molecular weight is 310 g/mol. The standard InChI is InChI=1S/C17H31N3S/c1-6-9-18-11-14-15(17(3,4)5)19-16(21-14)20-10-8-13(7-2)12-20/h13,18H,6-12H2,1-5H3. The van der Waals surface area contributed by atoms with E-state index in [-0.39, 0.29) is 5.41 Å². The van der Waals surface area contributed by atoms with E-state index in [1.165, 1.54) is 48.1 Å². The number of aromatic nitrogens is 1. The Balaban J connectivity index is 2.16. The zero-order valence-corrected chi connectivity index (χ0v) is 15.1. The molecule has 2 rings (SSSR count). The van der Waals surface area contributed by atoms with E-state index >= 15 is 0 Å². The number of hydrogen-bond donors (Lipinski definition) is 1. The Morgan fingerprint density at radius 1 is 1.33 bits per heavy atom. The van der Waals surface area contributed by atoms with Crippen LogP contribution in [0.1, 0.15) is 64.5 Å². The van der Waals surface area contributed by atoms with Gasteiger partial charge in [0.25, 0.3) is 0 Å². The summed E-state index contributed by atoms with van der Waals surface area (Å²) in [5.74, 6) is 0.855. The smallest absolute Gasteiger partial charge is 0.185 e. The highest BCUT2D eigenvalue weighted by Gasteiger charge is 2.28. The zero-order valence-electron chi connectivity index (χ0n) is 14.3. The van der Waals surface area contributed by atoms with Crippen molar-refractivity contribution in [3.8, 4) is 0 Å². The van der Waals surface area contributed by atoms with Crippen molar-refractivity contribution in [2.75, 3.05) is 24.5 Å². The lowest BCUT2D eigenvalue weighted by Crippen LogP contribution is -2.21. The molecule has 1 unspecified atom stereocenters. The van der Waals surface area contributed by atoms with E-state index < -0.39 is 0 Å². The molecule has 0 spiro atoms. The largest absolute Gasteiger partial charge is 0.348 e. The monoisotopic (exact) mass is 309 g/mol. The third-order valence-corrected chi connectivity index (χ3v) is 5.36. The highest BCUT2D eigenvalue weighted by atomic mass is 32.1. The summed E-state index contributed by atoms with van der Waals surface area (Å²) in [6.45, 7) is 15.7. The Hall–Kier alpha value is -0.610. The summed E-state index contributed by atoms with van der Waals surface area (Å²) >= 11 is 1.90. The van der Waals surface area contributed by atoms with Crippen molar-refractivity contribution >= 4 is 16.5 Å². The first-order valence-corrected chi connectivity index (χ1v) is 9.23. The molecule has 1 fully saturated rings. The quantitative estimate of drug-likeness (QED) is 0.799. The fourth-order valence-corrected chi connectivity index (χ4v) is 4.17. The summed E-state index contributed by atoms with van der Waals surface area (Å²) in [6.07, 6.45) is 3.80. The molecule has 21 heavy (non-hydrogen) atoms. The Morgan fingerprint density at radius 3 is 2.67 bits per heavy atom. The van der Waals surface area contributed by atoms with Crippen molar-refractivity contribution < 1.29 is 0 Å². The maximum absolute atomic E-state index is 5.02. The highest BCUT2D eigenvalue weighted by Crippen LogP contribution is 2.36. The molecule has 0 bridgehead atoms. The fourth-order valence-electron chi connectivity index (χ4n) is 2.90. The van der Waals surface area contributed by atoms with E-state index in [0.29, 0.717) is 0 Å². The lowest BCUT2D eigenvalue weighted by molar-refractivity contribution is 0.557. The third-order valence-electron chi connectivity index (χ3n) is 4.24. The maximum Gasteiger partial charge on any atom is 0.185 e. The van der Waals surface area contributed by atoms with Gasteiger partial charge in [-0.1, -0.05) is 41.0 Å². The van der Waals surface area contributed by atoms with Crippen LogP contribution in [0.3, 0.4) is 0 Å². The van der Waals surface area contributed by atoms with Crippen LogP contribution in [0.5, 0.6) is 0 Å². The summed E-state index contributed by atoms with van der Waals surface area (Å²) in [6, 6.07) is 0. The van der Waals surface area contributed by atoms with Crippen LogP contribution in [0.2, 0.25) is 0 Å². The molecule has 0 saturated carbocycles. The van der Waals surface area contributed by atoms with E-state index in [2.05, 4.69) is 44.8 Å². The Kier molecular flexibility index (Phi) is 5.67. The Morgan fingerprint density at radius 2 is 2.10 bits per heavy atom. The lowest BCUT2D eigenvalue weighted by Gasteiger charge is -2.18. The molecule has 1 aromatic rings. The normalized spacial score (nSPS) is 19.5. The molecule has 1 atom stereocenters. The second-order valence-electron chi connectivity index (χ2n) is 7.20. The van der Waals surface area contributed by atoms with Gasteiger partial charge < -0.3 is 10.2 Å². The average Bonchev–Trinajstić information content (AvgIpc) is 3.04. The van der Waals surface area contributed by atoms with E-state index in [1.807, 2.05) is 11.3 Å². The number of nitrogens with one attached hydrogen (secondary N) is 1. The number of hydrogen-bond acceptors (Lipinski definition) is 4. The van der Waals surface area contributed by atoms with E-state index in [4.69, 9.17) is 4.98 Å². The third kappa shape index (κ3) is 4.19. The first-order valence-electron chi connectivity index (χ1n) is 8.41. The van der Waals surface area contributed by atoms with Crippen molar-refractivity contribution in [3.63, 3.8) is 0 Å². The van der Waals surface area contributed by atoms with Crippen LogP contribution in [0, 0.1) is 5.92 Å². The SMILES string of the molecule is CCCNCc1sc(N2CCC(CC)C2)nc1C(C)(C)C. The molecule has 1 aromatic heterocycles. The lowest BCUT2D eigenvalue weighted by atomic mass is 9.91. The van der Waals surface area contributed by atoms with Gasteiger partial charge >= 0.3 is 0 Å². The van der Waals surface area contributed by atoms with Gasteiger partial charge in [0.05, 0.1) is 5.69 Å². The van der Waals surface area contributed by atoms with Crippen LogP contribution in [0.4, 0.5) is 5.13 Å². The van der Waals surface area contributed by atoms with Gasteiger partial charge in [0.15, 0.2) is 5.13 Å². The fraction of sp³-hybridized carbons (Fsp3) is 0.824. The Labute approximate surface area is 134 Å². The van der Waals surface area contributed by atoms with Gasteiger partial charge in [-0.25, -0.2) is 4.98 Å². The zero-order chi connectivity index (χ0) is 15.5. The van der Waals surface area contributed by atoms with Crippen LogP contribution in [-0.4, -0.2) is 24.6 Å². The number of anilines is 1. The van der Waals surface area contributed by atoms with E-state index in [0.717, 1.165) is 19.0 Å². The van der Waals surface area contributed by atoms with Crippen LogP contribution < -0.4 is 10.2 Å². The number of rotatable bonds is 6. The first kappa shape index (κ1) is 16.8. The summed E-state index contributed by atoms with van der Waals surface area (Å²) in [5, 5.41) is 4.78. The number of nitrogens with zero attached hydrogens (tertiary/aromatic N) is 2. The van der Waals surface area contributed by atoms with Crippen LogP contribution in [0.25, 0.3) is 0 Å². The van der Waals surface area contributed by atoms with Crippen molar-refractivity contribution in [3.05, 3.63) is 10.6 Å². The van der Waals surface area contributed by atoms with Crippen LogP contribution >= 0.6 is 11.3 Å². The van der Waals surface area contributed by atoms with Crippen molar-refractivity contribution in [1.82, 2.24) is 10.3 Å². The first-order chi connectivity index (χ1) is 9.95. The molecule has 0 amide bonds. The minimum Gasteiger partial charge on any atom is -0.348 e. The molecule has 1 saturated heterocycles. The summed E-state index contributed by atoms with van der Waals surface area (Å²) in [7, 11) is 0. The van der Waals surface area contributed by atoms with Crippen molar-refractivity contribution in [2.45, 2.75) is 65.8 Å². The molecule has 0 aliphatic carbocycles. The second kappa shape index (κ2) is 7.10. The molecular weight excluding hydrogens is 278 g/mol. The van der Waals surface area contributed by atoms with Gasteiger partial charge in [-0.05, 0) is 25.3 Å². The predicted octanol–water partition coefficient (Wildman–Crippen LogP) is 4.18.